The highest BCUT2D eigenvalue weighted by Crippen LogP contribution is 2.29. The molecule has 3 aromatic carbocycles. The number of halogens is 1. The van der Waals surface area contributed by atoms with Crippen LogP contribution in [0.1, 0.15) is 11.1 Å². The first kappa shape index (κ1) is 37.0. The van der Waals surface area contributed by atoms with Crippen LogP contribution in [-0.4, -0.2) is 106 Å². The zero-order valence-corrected chi connectivity index (χ0v) is 29.5. The molecule has 0 amide bonds. The Labute approximate surface area is 285 Å². The molecule has 2 aliphatic rings. The third kappa shape index (κ3) is 10.6. The lowest BCUT2D eigenvalue weighted by atomic mass is 10.1. The van der Waals surface area contributed by atoms with Gasteiger partial charge in [0, 0.05) is 44.9 Å². The largest absolute Gasteiger partial charge is 0.464 e. The van der Waals surface area contributed by atoms with Crippen molar-refractivity contribution in [2.24, 2.45) is 0 Å². The summed E-state index contributed by atoms with van der Waals surface area (Å²) in [5.41, 5.74) is 1.76. The van der Waals surface area contributed by atoms with Gasteiger partial charge in [0.15, 0.2) is 25.1 Å². The van der Waals surface area contributed by atoms with E-state index < -0.39 is 20.0 Å². The molecular formula is C32H39BrN2O10S2. The van der Waals surface area contributed by atoms with Gasteiger partial charge in [-0.1, -0.05) is 46.3 Å². The minimum absolute atomic E-state index is 0.0928. The average molecular weight is 756 g/mol. The first-order valence-electron chi connectivity index (χ1n) is 14.7. The Kier molecular flexibility index (Phi) is 14.2. The van der Waals surface area contributed by atoms with Gasteiger partial charge in [-0.15, -0.1) is 0 Å². The third-order valence-electron chi connectivity index (χ3n) is 7.01. The molecule has 0 aromatic heterocycles. The normalized spacial score (nSPS) is 16.4. The quantitative estimate of drug-likeness (QED) is 0.195. The summed E-state index contributed by atoms with van der Waals surface area (Å²) in [6.07, 6.45) is 3.81. The van der Waals surface area contributed by atoms with Gasteiger partial charge >= 0.3 is 0 Å². The van der Waals surface area contributed by atoms with Gasteiger partial charge in [0.25, 0.3) is 0 Å². The topological polar surface area (TPSA) is 130 Å². The number of ether oxygens (including phenoxy) is 6. The number of hydrogen-bond acceptors (Lipinski definition) is 10. The second-order valence-corrected chi connectivity index (χ2v) is 15.0. The van der Waals surface area contributed by atoms with Gasteiger partial charge in [-0.05, 0) is 59.7 Å². The van der Waals surface area contributed by atoms with Crippen LogP contribution < -0.4 is 9.47 Å². The van der Waals surface area contributed by atoms with Crippen molar-refractivity contribution in [3.05, 3.63) is 82.3 Å². The lowest BCUT2D eigenvalue weighted by Gasteiger charge is -2.26. The second-order valence-electron chi connectivity index (χ2n) is 10.2. The molecule has 0 saturated carbocycles. The summed E-state index contributed by atoms with van der Waals surface area (Å²) in [7, 11) is -3.75. The van der Waals surface area contributed by atoms with Crippen LogP contribution in [0.15, 0.2) is 81.0 Å². The molecule has 0 radical (unpaired) electrons. The molecule has 0 spiro atoms. The van der Waals surface area contributed by atoms with E-state index in [-0.39, 0.29) is 18.5 Å². The summed E-state index contributed by atoms with van der Waals surface area (Å²) >= 11 is 3.28. The van der Waals surface area contributed by atoms with Crippen LogP contribution in [0.25, 0.3) is 12.2 Å². The molecular weight excluding hydrogens is 716 g/mol. The van der Waals surface area contributed by atoms with Gasteiger partial charge in [0.1, 0.15) is 0 Å². The van der Waals surface area contributed by atoms with Crippen LogP contribution in [0.3, 0.4) is 0 Å². The van der Waals surface area contributed by atoms with Crippen LogP contribution in [0.4, 0.5) is 0 Å². The van der Waals surface area contributed by atoms with Gasteiger partial charge in [-0.25, -0.2) is 16.8 Å². The number of morpholine rings is 2. The average Bonchev–Trinajstić information content (AvgIpc) is 3.10. The summed E-state index contributed by atoms with van der Waals surface area (Å²) in [4.78, 5) is 0.610. The van der Waals surface area contributed by atoms with Gasteiger partial charge < -0.3 is 28.4 Å². The van der Waals surface area contributed by atoms with Crippen LogP contribution in [0.2, 0.25) is 0 Å². The summed E-state index contributed by atoms with van der Waals surface area (Å²) in [5, 5.41) is 0. The minimum Gasteiger partial charge on any atom is -0.464 e. The standard InChI is InChI=1S/C22H27NO7S.C10H12BrNO3S/c1-26-16-29-21-10-7-19(15-22(21)30-17-27-2)4-3-18-5-8-20(9-6-18)31(24,25)23-11-13-28-14-12-23;11-9-1-3-10(4-2-9)16(13,14)12-5-7-15-8-6-12/h3-10,15H,11-14,16-17H2,1-2H3;1-4H,5-8H2. The molecule has 0 atom stereocenters. The van der Waals surface area contributed by atoms with Crippen molar-refractivity contribution in [3.63, 3.8) is 0 Å². The molecule has 3 aromatic rings. The fourth-order valence-electron chi connectivity index (χ4n) is 4.53. The SMILES string of the molecule is COCOc1ccc(C=Cc2ccc(S(=O)(=O)N3CCOCC3)cc2)cc1OCOC.O=S(=O)(c1ccc(Br)cc1)N1CCOCC1. The summed E-state index contributed by atoms with van der Waals surface area (Å²) < 4.78 is 84.9. The molecule has 0 N–H and O–H groups in total. The van der Waals surface area contributed by atoms with E-state index >= 15 is 0 Å². The van der Waals surface area contributed by atoms with Crippen molar-refractivity contribution in [1.82, 2.24) is 8.61 Å². The van der Waals surface area contributed by atoms with Gasteiger partial charge in [-0.2, -0.15) is 8.61 Å². The predicted molar refractivity (Wildman–Crippen MR) is 180 cm³/mol. The molecule has 0 aliphatic carbocycles. The Morgan fingerprint density at radius 3 is 1.55 bits per heavy atom. The Morgan fingerprint density at radius 2 is 1.06 bits per heavy atom. The maximum atomic E-state index is 12.7. The first-order chi connectivity index (χ1) is 22.6. The highest BCUT2D eigenvalue weighted by atomic mass is 79.9. The zero-order chi connectivity index (χ0) is 33.7. The van der Waals surface area contributed by atoms with Crippen molar-refractivity contribution in [2.45, 2.75) is 9.79 Å². The summed E-state index contributed by atoms with van der Waals surface area (Å²) in [5.74, 6) is 1.08. The van der Waals surface area contributed by atoms with E-state index in [4.69, 9.17) is 28.4 Å². The van der Waals surface area contributed by atoms with Crippen LogP contribution in [0.5, 0.6) is 11.5 Å². The lowest BCUT2D eigenvalue weighted by molar-refractivity contribution is 0.0322. The van der Waals surface area contributed by atoms with Crippen molar-refractivity contribution >= 4 is 48.1 Å². The molecule has 12 nitrogen and oxygen atoms in total. The number of rotatable bonds is 12. The molecule has 0 unspecified atom stereocenters. The second kappa shape index (κ2) is 18.1. The van der Waals surface area contributed by atoms with Gasteiger partial charge in [-0.3, -0.25) is 0 Å². The molecule has 5 rings (SSSR count). The molecule has 2 saturated heterocycles. The van der Waals surface area contributed by atoms with E-state index in [9.17, 15) is 16.8 Å². The smallest absolute Gasteiger partial charge is 0.243 e. The molecule has 47 heavy (non-hydrogen) atoms. The van der Waals surface area contributed by atoms with Crippen molar-refractivity contribution in [1.29, 1.82) is 0 Å². The van der Waals surface area contributed by atoms with Gasteiger partial charge in [0.2, 0.25) is 20.0 Å². The minimum atomic E-state index is -3.50. The number of nitrogens with zero attached hydrogens (tertiary/aromatic N) is 2. The van der Waals surface area contributed by atoms with E-state index in [0.717, 1.165) is 15.6 Å². The number of sulfonamides is 2. The lowest BCUT2D eigenvalue weighted by Crippen LogP contribution is -2.40. The maximum absolute atomic E-state index is 12.7. The molecule has 0 bridgehead atoms. The molecule has 15 heteroatoms. The predicted octanol–water partition coefficient (Wildman–Crippen LogP) is 4.31. The molecule has 2 fully saturated rings. The van der Waals surface area contributed by atoms with E-state index in [1.165, 1.54) is 8.61 Å². The van der Waals surface area contributed by atoms with Crippen molar-refractivity contribution < 1.29 is 45.3 Å². The Balaban J connectivity index is 0.000000261. The van der Waals surface area contributed by atoms with E-state index in [1.807, 2.05) is 24.3 Å². The third-order valence-corrected chi connectivity index (χ3v) is 11.4. The fourth-order valence-corrected chi connectivity index (χ4v) is 7.61. The van der Waals surface area contributed by atoms with Gasteiger partial charge in [0.05, 0.1) is 36.2 Å². The van der Waals surface area contributed by atoms with E-state index in [2.05, 4.69) is 15.9 Å². The number of methoxy groups -OCH3 is 2. The fraction of sp³-hybridized carbons (Fsp3) is 0.375. The van der Waals surface area contributed by atoms with E-state index in [1.54, 1.807) is 68.8 Å². The highest BCUT2D eigenvalue weighted by Gasteiger charge is 2.27. The Bertz CT molecular complexity index is 1660. The zero-order valence-electron chi connectivity index (χ0n) is 26.2. The summed E-state index contributed by atoms with van der Waals surface area (Å²) in [6, 6.07) is 19.0. The van der Waals surface area contributed by atoms with Crippen molar-refractivity contribution in [3.8, 4) is 11.5 Å². The summed E-state index contributed by atoms with van der Waals surface area (Å²) in [6.45, 7) is 3.59. The van der Waals surface area contributed by atoms with Crippen LogP contribution >= 0.6 is 15.9 Å². The van der Waals surface area contributed by atoms with Crippen LogP contribution in [0, 0.1) is 0 Å². The van der Waals surface area contributed by atoms with E-state index in [0.29, 0.717) is 69.0 Å². The van der Waals surface area contributed by atoms with Crippen LogP contribution in [-0.2, 0) is 39.0 Å². The molecule has 2 aliphatic heterocycles. The Morgan fingerprint density at radius 1 is 0.638 bits per heavy atom. The monoisotopic (exact) mass is 754 g/mol. The Hall–Kier alpha value is -2.86. The first-order valence-corrected chi connectivity index (χ1v) is 18.4. The highest BCUT2D eigenvalue weighted by molar-refractivity contribution is 9.10. The molecule has 256 valence electrons. The maximum Gasteiger partial charge on any atom is 0.243 e. The van der Waals surface area contributed by atoms with Crippen molar-refractivity contribution in [2.75, 3.05) is 80.4 Å². The number of benzene rings is 3. The number of hydrogen-bond donors (Lipinski definition) is 0. The molecule has 2 heterocycles.